The molecule has 1 saturated carbocycles. The number of rotatable bonds is 7. The lowest BCUT2D eigenvalue weighted by molar-refractivity contribution is 0.184. The molecule has 3 N–H and O–H groups in total. The minimum atomic E-state index is -1.03. The third-order valence-electron chi connectivity index (χ3n) is 5.89. The largest absolute Gasteiger partial charge is 0.467 e. The Morgan fingerprint density at radius 2 is 1.71 bits per heavy atom. The maximum Gasteiger partial charge on any atom is 0.404 e. The summed E-state index contributed by atoms with van der Waals surface area (Å²) in [5.41, 5.74) is 2.22. The lowest BCUT2D eigenvalue weighted by Gasteiger charge is -2.36. The molecule has 1 aromatic carbocycles. The van der Waals surface area contributed by atoms with Crippen LogP contribution in [0.5, 0.6) is 6.01 Å². The number of ether oxygens (including phenoxy) is 1. The van der Waals surface area contributed by atoms with Crippen molar-refractivity contribution in [3.8, 4) is 17.3 Å². The smallest absolute Gasteiger partial charge is 0.404 e. The number of methoxy groups -OCH3 is 1. The number of benzene rings is 1. The van der Waals surface area contributed by atoms with E-state index in [0.717, 1.165) is 5.56 Å². The first-order valence-electron chi connectivity index (χ1n) is 11.3. The van der Waals surface area contributed by atoms with Crippen molar-refractivity contribution in [1.29, 1.82) is 0 Å². The van der Waals surface area contributed by atoms with Crippen LogP contribution >= 0.6 is 0 Å². The van der Waals surface area contributed by atoms with Crippen LogP contribution in [0.3, 0.4) is 0 Å². The van der Waals surface area contributed by atoms with Crippen molar-refractivity contribution < 1.29 is 19.4 Å². The molecule has 0 saturated heterocycles. The number of nitrogens with one attached hydrogen (secondary N) is 2. The minimum Gasteiger partial charge on any atom is -0.467 e. The molecule has 2 aromatic heterocycles. The van der Waals surface area contributed by atoms with Gasteiger partial charge in [0.15, 0.2) is 5.82 Å². The molecule has 1 aliphatic carbocycles. The minimum absolute atomic E-state index is 0.124. The molecule has 3 aromatic rings. The Kier molecular flexibility index (Phi) is 7.66. The van der Waals surface area contributed by atoms with E-state index in [4.69, 9.17) is 9.84 Å². The fraction of sp³-hybridized carbons (Fsp3) is 0.333. The predicted octanol–water partition coefficient (Wildman–Crippen LogP) is 3.24. The summed E-state index contributed by atoms with van der Waals surface area (Å²) in [4.78, 5) is 43.1. The molecule has 1 aliphatic rings. The van der Waals surface area contributed by atoms with Gasteiger partial charge < -0.3 is 20.5 Å². The number of aromatic nitrogens is 4. The van der Waals surface area contributed by atoms with E-state index in [1.54, 1.807) is 29.7 Å². The normalized spacial score (nSPS) is 17.3. The predicted molar refractivity (Wildman–Crippen MR) is 128 cm³/mol. The second-order valence-electron chi connectivity index (χ2n) is 8.19. The van der Waals surface area contributed by atoms with Crippen LogP contribution in [-0.4, -0.2) is 56.4 Å². The van der Waals surface area contributed by atoms with Gasteiger partial charge in [-0.1, -0.05) is 30.3 Å². The molecule has 0 spiro atoms. The Hall–Kier alpha value is -4.28. The van der Waals surface area contributed by atoms with Crippen molar-refractivity contribution in [2.45, 2.75) is 44.3 Å². The second kappa shape index (κ2) is 11.2. The van der Waals surface area contributed by atoms with Crippen LogP contribution < -0.4 is 20.3 Å². The lowest BCUT2D eigenvalue weighted by atomic mass is 9.90. The number of carboxylic acid groups (broad SMARTS) is 1. The SMILES string of the molecule is COc1ncc(-c2cnc(N(C(=O)NCc3ccccc3)C3CCC(NC(=O)O)CC3)cn2)cn1. The molecule has 3 amide bonds. The molecule has 1 fully saturated rings. The lowest BCUT2D eigenvalue weighted by Crippen LogP contribution is -2.50. The fourth-order valence-electron chi connectivity index (χ4n) is 4.12. The summed E-state index contributed by atoms with van der Waals surface area (Å²) in [7, 11) is 1.49. The summed E-state index contributed by atoms with van der Waals surface area (Å²) in [5, 5.41) is 14.5. The van der Waals surface area contributed by atoms with Gasteiger partial charge in [-0.15, -0.1) is 0 Å². The number of nitrogens with zero attached hydrogens (tertiary/aromatic N) is 5. The molecule has 182 valence electrons. The Bertz CT molecular complexity index is 1120. The highest BCUT2D eigenvalue weighted by molar-refractivity contribution is 5.91. The molecule has 0 aliphatic heterocycles. The zero-order valence-electron chi connectivity index (χ0n) is 19.3. The highest BCUT2D eigenvalue weighted by Crippen LogP contribution is 2.27. The Morgan fingerprint density at radius 3 is 2.31 bits per heavy atom. The van der Waals surface area contributed by atoms with E-state index in [2.05, 4.69) is 30.6 Å². The first kappa shape index (κ1) is 23.9. The highest BCUT2D eigenvalue weighted by Gasteiger charge is 2.31. The van der Waals surface area contributed by atoms with Crippen molar-refractivity contribution in [3.63, 3.8) is 0 Å². The Balaban J connectivity index is 1.52. The van der Waals surface area contributed by atoms with E-state index in [1.165, 1.54) is 7.11 Å². The van der Waals surface area contributed by atoms with Crippen molar-refractivity contribution in [2.24, 2.45) is 0 Å². The first-order valence-corrected chi connectivity index (χ1v) is 11.3. The van der Waals surface area contributed by atoms with Crippen molar-refractivity contribution in [2.75, 3.05) is 12.0 Å². The van der Waals surface area contributed by atoms with Gasteiger partial charge in [0.05, 0.1) is 25.2 Å². The third kappa shape index (κ3) is 6.19. The van der Waals surface area contributed by atoms with E-state index >= 15 is 0 Å². The summed E-state index contributed by atoms with van der Waals surface area (Å²) in [6.07, 6.45) is 7.84. The first-order chi connectivity index (χ1) is 17.0. The molecular formula is C24H27N7O4. The summed E-state index contributed by atoms with van der Waals surface area (Å²) >= 11 is 0. The van der Waals surface area contributed by atoms with Gasteiger partial charge in [0, 0.05) is 36.6 Å². The quantitative estimate of drug-likeness (QED) is 0.471. The van der Waals surface area contributed by atoms with E-state index in [-0.39, 0.29) is 24.1 Å². The third-order valence-corrected chi connectivity index (χ3v) is 5.89. The Morgan fingerprint density at radius 1 is 1.00 bits per heavy atom. The van der Waals surface area contributed by atoms with Gasteiger partial charge in [0.1, 0.15) is 0 Å². The molecule has 2 heterocycles. The number of amides is 3. The molecule has 35 heavy (non-hydrogen) atoms. The number of carbonyl (C=O) groups excluding carboxylic acids is 1. The zero-order chi connectivity index (χ0) is 24.6. The number of hydrogen-bond donors (Lipinski definition) is 3. The van der Waals surface area contributed by atoms with Crippen molar-refractivity contribution in [3.05, 3.63) is 60.7 Å². The molecule has 4 rings (SSSR count). The monoisotopic (exact) mass is 477 g/mol. The van der Waals surface area contributed by atoms with Crippen LogP contribution in [0.4, 0.5) is 15.4 Å². The molecule has 0 bridgehead atoms. The summed E-state index contributed by atoms with van der Waals surface area (Å²) < 4.78 is 4.99. The van der Waals surface area contributed by atoms with Crippen LogP contribution in [0.15, 0.2) is 55.1 Å². The molecule has 11 nitrogen and oxygen atoms in total. The number of carbonyl (C=O) groups is 2. The number of urea groups is 1. The van der Waals surface area contributed by atoms with Crippen molar-refractivity contribution in [1.82, 2.24) is 30.6 Å². The van der Waals surface area contributed by atoms with Crippen LogP contribution in [0.1, 0.15) is 31.2 Å². The maximum atomic E-state index is 13.3. The molecule has 0 unspecified atom stereocenters. The van der Waals surface area contributed by atoms with Gasteiger partial charge in [-0.05, 0) is 31.2 Å². The van der Waals surface area contributed by atoms with E-state index in [1.807, 2.05) is 30.3 Å². The van der Waals surface area contributed by atoms with E-state index in [0.29, 0.717) is 49.3 Å². The molecule has 11 heteroatoms. The van der Waals surface area contributed by atoms with Gasteiger partial charge in [-0.3, -0.25) is 9.88 Å². The van der Waals surface area contributed by atoms with Crippen molar-refractivity contribution >= 4 is 17.9 Å². The average Bonchev–Trinajstić information content (AvgIpc) is 2.89. The van der Waals surface area contributed by atoms with Crippen LogP contribution in [0.2, 0.25) is 0 Å². The van der Waals surface area contributed by atoms with E-state index < -0.39 is 6.09 Å². The van der Waals surface area contributed by atoms with Gasteiger partial charge in [-0.25, -0.2) is 24.5 Å². The second-order valence-corrected chi connectivity index (χ2v) is 8.19. The highest BCUT2D eigenvalue weighted by atomic mass is 16.5. The molecular weight excluding hydrogens is 450 g/mol. The average molecular weight is 478 g/mol. The topological polar surface area (TPSA) is 142 Å². The van der Waals surface area contributed by atoms with Crippen LogP contribution in [0.25, 0.3) is 11.3 Å². The van der Waals surface area contributed by atoms with Gasteiger partial charge >= 0.3 is 18.1 Å². The fourth-order valence-corrected chi connectivity index (χ4v) is 4.12. The Labute approximate surface area is 202 Å². The molecule has 0 radical (unpaired) electrons. The summed E-state index contributed by atoms with van der Waals surface area (Å²) in [6.45, 7) is 0.376. The van der Waals surface area contributed by atoms with Gasteiger partial charge in [0.2, 0.25) is 0 Å². The zero-order valence-corrected chi connectivity index (χ0v) is 19.3. The maximum absolute atomic E-state index is 13.3. The number of anilines is 1. The van der Waals surface area contributed by atoms with E-state index in [9.17, 15) is 9.59 Å². The van der Waals surface area contributed by atoms with Crippen LogP contribution in [0, 0.1) is 0 Å². The summed E-state index contributed by atoms with van der Waals surface area (Å²) in [5.74, 6) is 0.420. The van der Waals surface area contributed by atoms with Crippen LogP contribution in [-0.2, 0) is 6.54 Å². The standard InChI is InChI=1S/C24H27N7O4/c1-35-22-27-12-17(13-28-22)20-14-26-21(15-25-20)31(19-9-7-18(8-10-19)30-24(33)34)23(32)29-11-16-5-3-2-4-6-16/h2-6,12-15,18-19,30H,7-11H2,1H3,(H,29,32)(H,33,34). The van der Waals surface area contributed by atoms with Gasteiger partial charge in [-0.2, -0.15) is 0 Å². The molecule has 0 atom stereocenters. The number of hydrogen-bond acceptors (Lipinski definition) is 7. The van der Waals surface area contributed by atoms with Gasteiger partial charge in [0.25, 0.3) is 0 Å². The summed E-state index contributed by atoms with van der Waals surface area (Å²) in [6, 6.07) is 9.37.